The van der Waals surface area contributed by atoms with Crippen LogP contribution in [0, 0.1) is 0 Å². The first-order valence-corrected chi connectivity index (χ1v) is 8.26. The van der Waals surface area contributed by atoms with Gasteiger partial charge in [-0.25, -0.2) is 4.98 Å². The number of furan rings is 1. The van der Waals surface area contributed by atoms with Gasteiger partial charge in [-0.3, -0.25) is 9.69 Å². The molecule has 2 rings (SSSR count). The second kappa shape index (κ2) is 7.56. The second-order valence-electron chi connectivity index (χ2n) is 5.81. The number of thiazole rings is 1. The van der Waals surface area contributed by atoms with E-state index in [2.05, 4.69) is 24.1 Å². The Morgan fingerprint density at radius 3 is 2.77 bits per heavy atom. The summed E-state index contributed by atoms with van der Waals surface area (Å²) in [6.07, 6.45) is 1.97. The summed E-state index contributed by atoms with van der Waals surface area (Å²) in [7, 11) is 3.93. The van der Waals surface area contributed by atoms with E-state index in [1.807, 2.05) is 36.5 Å². The van der Waals surface area contributed by atoms with Crippen molar-refractivity contribution in [3.63, 3.8) is 0 Å². The smallest absolute Gasteiger partial charge is 0.226 e. The first-order chi connectivity index (χ1) is 10.5. The molecule has 120 valence electrons. The maximum absolute atomic E-state index is 12.1. The molecule has 0 fully saturated rings. The highest BCUT2D eigenvalue weighted by Crippen LogP contribution is 2.20. The van der Waals surface area contributed by atoms with Crippen molar-refractivity contribution in [2.75, 3.05) is 20.6 Å². The van der Waals surface area contributed by atoms with Crippen molar-refractivity contribution in [3.8, 4) is 0 Å². The third-order valence-corrected chi connectivity index (χ3v) is 4.59. The molecule has 1 N–H and O–H groups in total. The lowest BCUT2D eigenvalue weighted by Gasteiger charge is -2.22. The summed E-state index contributed by atoms with van der Waals surface area (Å²) in [5, 5.41) is 6.00. The van der Waals surface area contributed by atoms with Gasteiger partial charge in [-0.15, -0.1) is 11.3 Å². The van der Waals surface area contributed by atoms with Gasteiger partial charge < -0.3 is 9.73 Å². The highest BCUT2D eigenvalue weighted by molar-refractivity contribution is 7.09. The standard InChI is InChI=1S/C16H23N3O2S/c1-11(2)16-18-12(10-22-16)8-15(20)17-9-13(19(3)4)14-6-5-7-21-14/h5-7,10-11,13H,8-9H2,1-4H3,(H,17,20)/t13-/m1/s1. The normalized spacial score (nSPS) is 12.8. The van der Waals surface area contributed by atoms with Gasteiger partial charge in [-0.2, -0.15) is 0 Å². The van der Waals surface area contributed by atoms with E-state index in [0.717, 1.165) is 16.5 Å². The quantitative estimate of drug-likeness (QED) is 0.852. The molecule has 0 aliphatic rings. The summed E-state index contributed by atoms with van der Waals surface area (Å²) >= 11 is 1.61. The Kier molecular flexibility index (Phi) is 5.74. The van der Waals surface area contributed by atoms with Gasteiger partial charge in [0.15, 0.2) is 0 Å². The summed E-state index contributed by atoms with van der Waals surface area (Å²) in [5.41, 5.74) is 0.839. The fourth-order valence-electron chi connectivity index (χ4n) is 2.13. The van der Waals surface area contributed by atoms with Crippen LogP contribution in [0.4, 0.5) is 0 Å². The summed E-state index contributed by atoms with van der Waals surface area (Å²) in [4.78, 5) is 18.6. The van der Waals surface area contributed by atoms with Gasteiger partial charge in [0.2, 0.25) is 5.91 Å². The predicted molar refractivity (Wildman–Crippen MR) is 88.1 cm³/mol. The minimum absolute atomic E-state index is 0.0148. The third kappa shape index (κ3) is 4.42. The molecule has 0 aliphatic heterocycles. The van der Waals surface area contributed by atoms with Crippen LogP contribution in [-0.2, 0) is 11.2 Å². The SMILES string of the molecule is CC(C)c1nc(CC(=O)NC[C@H](c2ccco2)N(C)C)cs1. The van der Waals surface area contributed by atoms with E-state index < -0.39 is 0 Å². The Morgan fingerprint density at radius 1 is 1.45 bits per heavy atom. The van der Waals surface area contributed by atoms with Gasteiger partial charge in [-0.1, -0.05) is 13.8 Å². The number of rotatable bonds is 7. The van der Waals surface area contributed by atoms with E-state index in [-0.39, 0.29) is 11.9 Å². The van der Waals surface area contributed by atoms with Crippen LogP contribution in [0.2, 0.25) is 0 Å². The highest BCUT2D eigenvalue weighted by Gasteiger charge is 2.18. The minimum Gasteiger partial charge on any atom is -0.468 e. The molecule has 2 aromatic rings. The first kappa shape index (κ1) is 16.7. The van der Waals surface area contributed by atoms with Crippen molar-refractivity contribution in [2.24, 2.45) is 0 Å². The van der Waals surface area contributed by atoms with E-state index in [9.17, 15) is 4.79 Å². The van der Waals surface area contributed by atoms with Crippen molar-refractivity contribution < 1.29 is 9.21 Å². The molecule has 2 aromatic heterocycles. The van der Waals surface area contributed by atoms with Crippen molar-refractivity contribution >= 4 is 17.2 Å². The average molecular weight is 321 g/mol. The number of carbonyl (C=O) groups excluding carboxylic acids is 1. The summed E-state index contributed by atoms with van der Waals surface area (Å²) < 4.78 is 5.43. The number of nitrogens with zero attached hydrogens (tertiary/aromatic N) is 2. The maximum atomic E-state index is 12.1. The Morgan fingerprint density at radius 2 is 2.23 bits per heavy atom. The Labute approximate surface area is 135 Å². The van der Waals surface area contributed by atoms with E-state index in [4.69, 9.17) is 4.42 Å². The molecule has 0 spiro atoms. The molecule has 0 radical (unpaired) electrons. The van der Waals surface area contributed by atoms with Crippen molar-refractivity contribution in [1.82, 2.24) is 15.2 Å². The lowest BCUT2D eigenvalue weighted by atomic mass is 10.2. The Bertz CT molecular complexity index is 590. The predicted octanol–water partition coefficient (Wildman–Crippen LogP) is 2.82. The molecule has 6 heteroatoms. The number of likely N-dealkylation sites (N-methyl/N-ethyl adjacent to an activating group) is 1. The summed E-state index contributed by atoms with van der Waals surface area (Å²) in [6, 6.07) is 3.81. The van der Waals surface area contributed by atoms with Crippen molar-refractivity contribution in [3.05, 3.63) is 40.2 Å². The van der Waals surface area contributed by atoms with Crippen LogP contribution in [0.15, 0.2) is 28.2 Å². The molecule has 0 unspecified atom stereocenters. The fraction of sp³-hybridized carbons (Fsp3) is 0.500. The van der Waals surface area contributed by atoms with Crippen molar-refractivity contribution in [2.45, 2.75) is 32.2 Å². The van der Waals surface area contributed by atoms with Crippen LogP contribution in [-0.4, -0.2) is 36.4 Å². The number of hydrogen-bond acceptors (Lipinski definition) is 5. The number of nitrogens with one attached hydrogen (secondary N) is 1. The molecular formula is C16H23N3O2S. The molecule has 22 heavy (non-hydrogen) atoms. The molecule has 0 saturated carbocycles. The molecule has 2 heterocycles. The molecule has 1 amide bonds. The Hall–Kier alpha value is -1.66. The van der Waals surface area contributed by atoms with E-state index in [1.165, 1.54) is 0 Å². The van der Waals surface area contributed by atoms with Crippen LogP contribution < -0.4 is 5.32 Å². The zero-order valence-electron chi connectivity index (χ0n) is 13.5. The molecule has 0 aromatic carbocycles. The van der Waals surface area contributed by atoms with Crippen LogP contribution in [0.1, 0.15) is 42.3 Å². The van der Waals surface area contributed by atoms with Gasteiger partial charge in [0.25, 0.3) is 0 Å². The zero-order valence-corrected chi connectivity index (χ0v) is 14.3. The van der Waals surface area contributed by atoms with E-state index in [1.54, 1.807) is 17.6 Å². The van der Waals surface area contributed by atoms with Crippen LogP contribution in [0.3, 0.4) is 0 Å². The highest BCUT2D eigenvalue weighted by atomic mass is 32.1. The zero-order chi connectivity index (χ0) is 16.1. The summed E-state index contributed by atoms with van der Waals surface area (Å²) in [6.45, 7) is 4.72. The Balaban J connectivity index is 1.88. The first-order valence-electron chi connectivity index (χ1n) is 7.38. The molecule has 1 atom stereocenters. The molecule has 0 saturated heterocycles. The third-order valence-electron chi connectivity index (χ3n) is 3.39. The molecule has 0 aliphatic carbocycles. The monoisotopic (exact) mass is 321 g/mol. The molecule has 5 nitrogen and oxygen atoms in total. The van der Waals surface area contributed by atoms with Gasteiger partial charge in [-0.05, 0) is 26.2 Å². The van der Waals surface area contributed by atoms with Gasteiger partial charge in [0.05, 0.1) is 29.4 Å². The lowest BCUT2D eigenvalue weighted by Crippen LogP contribution is -2.35. The lowest BCUT2D eigenvalue weighted by molar-refractivity contribution is -0.120. The fourth-order valence-corrected chi connectivity index (χ4v) is 2.96. The maximum Gasteiger partial charge on any atom is 0.226 e. The number of hydrogen-bond donors (Lipinski definition) is 1. The topological polar surface area (TPSA) is 58.4 Å². The molecular weight excluding hydrogens is 298 g/mol. The van der Waals surface area contributed by atoms with Gasteiger partial charge >= 0.3 is 0 Å². The summed E-state index contributed by atoms with van der Waals surface area (Å²) in [5.74, 6) is 1.24. The van der Waals surface area contributed by atoms with E-state index >= 15 is 0 Å². The average Bonchev–Trinajstić information content (AvgIpc) is 3.09. The minimum atomic E-state index is -0.0148. The largest absolute Gasteiger partial charge is 0.468 e. The number of carbonyl (C=O) groups is 1. The number of aromatic nitrogens is 1. The van der Waals surface area contributed by atoms with Gasteiger partial charge in [0.1, 0.15) is 5.76 Å². The van der Waals surface area contributed by atoms with Gasteiger partial charge in [0, 0.05) is 17.8 Å². The van der Waals surface area contributed by atoms with Crippen LogP contribution >= 0.6 is 11.3 Å². The van der Waals surface area contributed by atoms with Crippen LogP contribution in [0.25, 0.3) is 0 Å². The second-order valence-corrected chi connectivity index (χ2v) is 6.70. The van der Waals surface area contributed by atoms with Crippen LogP contribution in [0.5, 0.6) is 0 Å². The van der Waals surface area contributed by atoms with Crippen molar-refractivity contribution in [1.29, 1.82) is 0 Å². The van der Waals surface area contributed by atoms with E-state index in [0.29, 0.717) is 18.9 Å². The number of amides is 1. The molecule has 0 bridgehead atoms.